The molecule has 6 nitrogen and oxygen atoms in total. The molecule has 1 aromatic heterocycles. The van der Waals surface area contributed by atoms with Gasteiger partial charge in [-0.25, -0.2) is 8.78 Å². The number of para-hydroxylation sites is 1. The summed E-state index contributed by atoms with van der Waals surface area (Å²) in [4.78, 5) is 15.1. The molecule has 1 amide bonds. The van der Waals surface area contributed by atoms with Gasteiger partial charge in [0.05, 0.1) is 5.75 Å². The highest BCUT2D eigenvalue weighted by atomic mass is 32.2. The molecule has 34 heavy (non-hydrogen) atoms. The fraction of sp³-hybridized carbons (Fsp3) is 0.400. The Morgan fingerprint density at radius 3 is 2.59 bits per heavy atom. The summed E-state index contributed by atoms with van der Waals surface area (Å²) in [7, 11) is 0. The molecule has 0 radical (unpaired) electrons. The van der Waals surface area contributed by atoms with Gasteiger partial charge in [-0.05, 0) is 49.6 Å². The lowest BCUT2D eigenvalue weighted by atomic mass is 9.94. The zero-order valence-corrected chi connectivity index (χ0v) is 19.8. The fourth-order valence-corrected chi connectivity index (χ4v) is 4.69. The molecule has 2 aromatic carbocycles. The first kappa shape index (κ1) is 24.2. The third kappa shape index (κ3) is 6.34. The molecule has 0 unspecified atom stereocenters. The van der Waals surface area contributed by atoms with Crippen LogP contribution in [0.15, 0.2) is 58.2 Å². The highest BCUT2D eigenvalue weighted by Gasteiger charge is 2.26. The second-order valence-corrected chi connectivity index (χ2v) is 9.25. The predicted molar refractivity (Wildman–Crippen MR) is 124 cm³/mol. The molecule has 9 heteroatoms. The fourth-order valence-electron chi connectivity index (χ4n) is 4.03. The number of aromatic nitrogens is 2. The number of benzene rings is 2. The van der Waals surface area contributed by atoms with Crippen LogP contribution in [0.4, 0.5) is 8.78 Å². The summed E-state index contributed by atoms with van der Waals surface area (Å²) in [6, 6.07) is 12.5. The van der Waals surface area contributed by atoms with Crippen molar-refractivity contribution in [2.24, 2.45) is 0 Å². The van der Waals surface area contributed by atoms with Gasteiger partial charge in [0.15, 0.2) is 17.7 Å². The van der Waals surface area contributed by atoms with Crippen LogP contribution in [-0.4, -0.2) is 32.8 Å². The van der Waals surface area contributed by atoms with E-state index in [0.29, 0.717) is 6.54 Å². The van der Waals surface area contributed by atoms with Crippen LogP contribution in [0.3, 0.4) is 0 Å². The Bertz CT molecular complexity index is 1090. The number of hydrogen-bond donors (Lipinski definition) is 0. The Kier molecular flexibility index (Phi) is 8.16. The van der Waals surface area contributed by atoms with Gasteiger partial charge < -0.3 is 14.1 Å². The SMILES string of the molecule is C[C@H](Oc1ccccc1F)c1nnc(SCC(=O)N(Cc2ccc(F)cc2)C2CCCCC2)o1. The van der Waals surface area contributed by atoms with Crippen molar-refractivity contribution in [2.75, 3.05) is 5.75 Å². The molecule has 0 saturated heterocycles. The van der Waals surface area contributed by atoms with E-state index in [1.807, 2.05) is 4.90 Å². The smallest absolute Gasteiger partial charge is 0.277 e. The quantitative estimate of drug-likeness (QED) is 0.348. The summed E-state index contributed by atoms with van der Waals surface area (Å²) < 4.78 is 38.4. The average molecular weight is 488 g/mol. The third-order valence-electron chi connectivity index (χ3n) is 5.83. The summed E-state index contributed by atoms with van der Waals surface area (Å²) in [6.07, 6.45) is 4.66. The number of hydrogen-bond acceptors (Lipinski definition) is 6. The molecule has 1 aliphatic rings. The summed E-state index contributed by atoms with van der Waals surface area (Å²) in [5, 5.41) is 8.23. The number of rotatable bonds is 9. The first-order chi connectivity index (χ1) is 16.5. The number of nitrogens with zero attached hydrogens (tertiary/aromatic N) is 3. The second kappa shape index (κ2) is 11.5. The lowest BCUT2D eigenvalue weighted by Crippen LogP contribution is -2.41. The van der Waals surface area contributed by atoms with E-state index in [0.717, 1.165) is 43.0 Å². The Hall–Kier alpha value is -2.94. The molecule has 0 N–H and O–H groups in total. The van der Waals surface area contributed by atoms with Gasteiger partial charge >= 0.3 is 0 Å². The van der Waals surface area contributed by atoms with Crippen LogP contribution >= 0.6 is 11.8 Å². The molecule has 1 saturated carbocycles. The third-order valence-corrected chi connectivity index (χ3v) is 6.63. The van der Waals surface area contributed by atoms with Crippen molar-refractivity contribution < 1.29 is 22.7 Å². The van der Waals surface area contributed by atoms with Crippen LogP contribution < -0.4 is 4.74 Å². The Balaban J connectivity index is 1.37. The van der Waals surface area contributed by atoms with E-state index in [1.165, 1.54) is 30.7 Å². The van der Waals surface area contributed by atoms with Gasteiger partial charge in [0, 0.05) is 12.6 Å². The lowest BCUT2D eigenvalue weighted by molar-refractivity contribution is -0.132. The number of amides is 1. The lowest BCUT2D eigenvalue weighted by Gasteiger charge is -2.34. The Morgan fingerprint density at radius 1 is 1.12 bits per heavy atom. The summed E-state index contributed by atoms with van der Waals surface area (Å²) >= 11 is 1.16. The van der Waals surface area contributed by atoms with Crippen molar-refractivity contribution in [3.8, 4) is 5.75 Å². The van der Waals surface area contributed by atoms with Gasteiger partial charge in [0.2, 0.25) is 5.91 Å². The highest BCUT2D eigenvalue weighted by Crippen LogP contribution is 2.28. The topological polar surface area (TPSA) is 68.5 Å². The number of carbonyl (C=O) groups excluding carboxylic acids is 1. The van der Waals surface area contributed by atoms with E-state index in [1.54, 1.807) is 31.2 Å². The predicted octanol–water partition coefficient (Wildman–Crippen LogP) is 5.94. The van der Waals surface area contributed by atoms with Crippen molar-refractivity contribution in [1.82, 2.24) is 15.1 Å². The minimum Gasteiger partial charge on any atom is -0.478 e. The van der Waals surface area contributed by atoms with Gasteiger partial charge in [-0.3, -0.25) is 4.79 Å². The zero-order chi connectivity index (χ0) is 23.9. The van der Waals surface area contributed by atoms with Crippen LogP contribution in [0.2, 0.25) is 0 Å². The molecule has 3 aromatic rings. The van der Waals surface area contributed by atoms with Gasteiger partial charge in [-0.2, -0.15) is 0 Å². The first-order valence-corrected chi connectivity index (χ1v) is 12.4. The monoisotopic (exact) mass is 487 g/mol. The average Bonchev–Trinajstić information content (AvgIpc) is 3.33. The molecule has 0 bridgehead atoms. The molecule has 1 heterocycles. The molecule has 0 aliphatic heterocycles. The summed E-state index contributed by atoms with van der Waals surface area (Å²) in [6.45, 7) is 2.12. The molecule has 180 valence electrons. The number of carbonyl (C=O) groups is 1. The van der Waals surface area contributed by atoms with E-state index in [9.17, 15) is 13.6 Å². The van der Waals surface area contributed by atoms with E-state index in [2.05, 4.69) is 10.2 Å². The number of halogens is 2. The van der Waals surface area contributed by atoms with E-state index in [4.69, 9.17) is 9.15 Å². The normalized spacial score (nSPS) is 15.1. The van der Waals surface area contributed by atoms with E-state index < -0.39 is 11.9 Å². The van der Waals surface area contributed by atoms with E-state index >= 15 is 0 Å². The highest BCUT2D eigenvalue weighted by molar-refractivity contribution is 7.99. The first-order valence-electron chi connectivity index (χ1n) is 11.4. The molecule has 1 atom stereocenters. The van der Waals surface area contributed by atoms with Crippen molar-refractivity contribution in [1.29, 1.82) is 0 Å². The van der Waals surface area contributed by atoms with Crippen molar-refractivity contribution >= 4 is 17.7 Å². The minimum absolute atomic E-state index is 0.0309. The molecule has 0 spiro atoms. The van der Waals surface area contributed by atoms with Gasteiger partial charge in [0.25, 0.3) is 11.1 Å². The molecule has 4 rings (SSSR count). The van der Waals surface area contributed by atoms with Crippen LogP contribution in [0.1, 0.15) is 56.6 Å². The van der Waals surface area contributed by atoms with E-state index in [-0.39, 0.29) is 40.4 Å². The largest absolute Gasteiger partial charge is 0.478 e. The maximum absolute atomic E-state index is 13.8. The summed E-state index contributed by atoms with van der Waals surface area (Å²) in [5.74, 6) is -0.359. The standard InChI is InChI=1S/C25H27F2N3O3S/c1-17(32-22-10-6-5-9-21(22)27)24-28-29-25(33-24)34-16-23(31)30(20-7-3-2-4-8-20)15-18-11-13-19(26)14-12-18/h5-6,9-14,17,20H,2-4,7-8,15-16H2,1H3/t17-/m0/s1. The maximum Gasteiger partial charge on any atom is 0.277 e. The van der Waals surface area contributed by atoms with Gasteiger partial charge in [0.1, 0.15) is 5.82 Å². The van der Waals surface area contributed by atoms with Gasteiger partial charge in [-0.15, -0.1) is 10.2 Å². The van der Waals surface area contributed by atoms with Crippen LogP contribution in [-0.2, 0) is 11.3 Å². The van der Waals surface area contributed by atoms with Crippen molar-refractivity contribution in [2.45, 2.75) is 62.9 Å². The summed E-state index contributed by atoms with van der Waals surface area (Å²) in [5.41, 5.74) is 0.893. The minimum atomic E-state index is -0.647. The zero-order valence-electron chi connectivity index (χ0n) is 19.0. The van der Waals surface area contributed by atoms with Gasteiger partial charge in [-0.1, -0.05) is 55.3 Å². The van der Waals surface area contributed by atoms with Crippen molar-refractivity contribution in [3.63, 3.8) is 0 Å². The van der Waals surface area contributed by atoms with Crippen molar-refractivity contribution in [3.05, 3.63) is 71.6 Å². The number of thioether (sulfide) groups is 1. The molecule has 1 fully saturated rings. The maximum atomic E-state index is 13.8. The van der Waals surface area contributed by atoms with Crippen LogP contribution in [0.25, 0.3) is 0 Å². The van der Waals surface area contributed by atoms with Crippen LogP contribution in [0, 0.1) is 11.6 Å². The Labute approximate surface area is 201 Å². The Morgan fingerprint density at radius 2 is 1.85 bits per heavy atom. The molecule has 1 aliphatic carbocycles. The number of ether oxygens (including phenoxy) is 1. The van der Waals surface area contributed by atoms with Crippen LogP contribution in [0.5, 0.6) is 5.75 Å². The molecular weight excluding hydrogens is 460 g/mol. The second-order valence-electron chi connectivity index (χ2n) is 8.33. The molecular formula is C25H27F2N3O3S.